The molecule has 6 heteroatoms. The molecule has 27 heavy (non-hydrogen) atoms. The van der Waals surface area contributed by atoms with Gasteiger partial charge in [0.05, 0.1) is 26.2 Å². The molecule has 0 radical (unpaired) electrons. The Morgan fingerprint density at radius 2 is 1.74 bits per heavy atom. The third-order valence-corrected chi connectivity index (χ3v) is 5.37. The van der Waals surface area contributed by atoms with E-state index < -0.39 is 5.97 Å². The van der Waals surface area contributed by atoms with Gasteiger partial charge in [-0.1, -0.05) is 29.8 Å². The van der Waals surface area contributed by atoms with Gasteiger partial charge in [-0.25, -0.2) is 0 Å². The smallest absolute Gasteiger partial charge is 0.306 e. The van der Waals surface area contributed by atoms with Crippen LogP contribution >= 0.6 is 11.6 Å². The second-order valence-electron chi connectivity index (χ2n) is 6.72. The van der Waals surface area contributed by atoms with E-state index in [4.69, 9.17) is 21.1 Å². The summed E-state index contributed by atoms with van der Waals surface area (Å²) in [5, 5.41) is 9.97. The van der Waals surface area contributed by atoms with Crippen LogP contribution in [0.15, 0.2) is 42.5 Å². The second kappa shape index (κ2) is 8.63. The quantitative estimate of drug-likeness (QED) is 0.800. The molecule has 2 aromatic carbocycles. The van der Waals surface area contributed by atoms with Crippen molar-refractivity contribution in [3.63, 3.8) is 0 Å². The number of ether oxygens (including phenoxy) is 2. The van der Waals surface area contributed by atoms with Crippen molar-refractivity contribution in [3.8, 4) is 11.5 Å². The molecule has 1 aliphatic heterocycles. The predicted octanol–water partition coefficient (Wildman–Crippen LogP) is 4.24. The van der Waals surface area contributed by atoms with E-state index in [-0.39, 0.29) is 12.0 Å². The molecule has 0 aliphatic carbocycles. The van der Waals surface area contributed by atoms with Crippen molar-refractivity contribution >= 4 is 17.6 Å². The van der Waals surface area contributed by atoms with Crippen LogP contribution in [0.5, 0.6) is 11.5 Å². The Labute approximate surface area is 164 Å². The highest BCUT2D eigenvalue weighted by Crippen LogP contribution is 2.37. The van der Waals surface area contributed by atoms with Crippen LogP contribution in [-0.2, 0) is 4.79 Å². The van der Waals surface area contributed by atoms with Crippen LogP contribution in [0.1, 0.15) is 30.0 Å². The first-order chi connectivity index (χ1) is 13.0. The van der Waals surface area contributed by atoms with Gasteiger partial charge in [0.25, 0.3) is 0 Å². The number of carboxylic acid groups (broad SMARTS) is 1. The van der Waals surface area contributed by atoms with Crippen LogP contribution < -0.4 is 9.47 Å². The molecule has 0 bridgehead atoms. The Balaban J connectivity index is 1.97. The average molecular weight is 390 g/mol. The minimum Gasteiger partial charge on any atom is -0.493 e. The van der Waals surface area contributed by atoms with Gasteiger partial charge >= 0.3 is 5.97 Å². The molecule has 0 spiro atoms. The van der Waals surface area contributed by atoms with Gasteiger partial charge in [-0.15, -0.1) is 0 Å². The van der Waals surface area contributed by atoms with E-state index in [1.807, 2.05) is 36.4 Å². The van der Waals surface area contributed by atoms with E-state index in [9.17, 15) is 9.90 Å². The second-order valence-corrected chi connectivity index (χ2v) is 7.16. The summed E-state index contributed by atoms with van der Waals surface area (Å²) in [7, 11) is 3.23. The largest absolute Gasteiger partial charge is 0.493 e. The number of benzene rings is 2. The van der Waals surface area contributed by atoms with Crippen LogP contribution in [0, 0.1) is 5.92 Å². The summed E-state index contributed by atoms with van der Waals surface area (Å²) in [6.45, 7) is 1.42. The molecule has 5 nitrogen and oxygen atoms in total. The molecule has 144 valence electrons. The van der Waals surface area contributed by atoms with Crippen molar-refractivity contribution < 1.29 is 19.4 Å². The minimum atomic E-state index is -0.708. The van der Waals surface area contributed by atoms with Gasteiger partial charge in [-0.05, 0) is 61.3 Å². The van der Waals surface area contributed by atoms with Gasteiger partial charge < -0.3 is 14.6 Å². The molecular formula is C21H24ClNO4. The van der Waals surface area contributed by atoms with Crippen molar-refractivity contribution in [2.45, 2.75) is 18.9 Å². The van der Waals surface area contributed by atoms with Crippen LogP contribution in [-0.4, -0.2) is 43.3 Å². The maximum atomic E-state index is 11.3. The molecule has 0 amide bonds. The predicted molar refractivity (Wildman–Crippen MR) is 105 cm³/mol. The van der Waals surface area contributed by atoms with Gasteiger partial charge in [0.2, 0.25) is 0 Å². The topological polar surface area (TPSA) is 59.0 Å². The number of halogens is 1. The summed E-state index contributed by atoms with van der Waals surface area (Å²) >= 11 is 6.25. The molecule has 1 aliphatic rings. The minimum absolute atomic E-state index is 0.0294. The van der Waals surface area contributed by atoms with Gasteiger partial charge in [-0.3, -0.25) is 9.69 Å². The Kier molecular flexibility index (Phi) is 6.24. The van der Waals surface area contributed by atoms with E-state index in [0.29, 0.717) is 42.5 Å². The molecule has 1 N–H and O–H groups in total. The lowest BCUT2D eigenvalue weighted by Gasteiger charge is -2.37. The number of piperidine rings is 1. The number of methoxy groups -OCH3 is 2. The van der Waals surface area contributed by atoms with Crippen molar-refractivity contribution in [1.29, 1.82) is 0 Å². The van der Waals surface area contributed by atoms with Crippen LogP contribution in [0.25, 0.3) is 0 Å². The maximum Gasteiger partial charge on any atom is 0.306 e. The molecule has 3 rings (SSSR count). The molecular weight excluding hydrogens is 366 g/mol. The van der Waals surface area contributed by atoms with Crippen LogP contribution in [0.2, 0.25) is 5.02 Å². The average Bonchev–Trinajstić information content (AvgIpc) is 2.68. The number of carbonyl (C=O) groups is 1. The number of aliphatic carboxylic acids is 1. The van der Waals surface area contributed by atoms with Crippen molar-refractivity contribution in [1.82, 2.24) is 4.90 Å². The third kappa shape index (κ3) is 4.37. The standard InChI is InChI=1S/C21H24ClNO4/c1-26-18-7-6-16(13-19(18)27-2)20(15-4-3-5-17(22)12-15)23-10-8-14(9-11-23)21(24)25/h3-7,12-14,20H,8-11H2,1-2H3,(H,24,25). The molecule has 1 heterocycles. The number of hydrogen-bond donors (Lipinski definition) is 1. The van der Waals surface area contributed by atoms with E-state index in [2.05, 4.69) is 11.0 Å². The number of likely N-dealkylation sites (tertiary alicyclic amines) is 1. The lowest BCUT2D eigenvalue weighted by Crippen LogP contribution is -2.39. The summed E-state index contributed by atoms with van der Waals surface area (Å²) in [5.74, 6) is 0.366. The van der Waals surface area contributed by atoms with E-state index >= 15 is 0 Å². The molecule has 0 saturated carbocycles. The summed E-state index contributed by atoms with van der Waals surface area (Å²) in [5.41, 5.74) is 2.13. The van der Waals surface area contributed by atoms with Crippen molar-refractivity contribution in [3.05, 3.63) is 58.6 Å². The first-order valence-electron chi connectivity index (χ1n) is 8.97. The first-order valence-corrected chi connectivity index (χ1v) is 9.35. The number of rotatable bonds is 6. The van der Waals surface area contributed by atoms with Crippen LogP contribution in [0.4, 0.5) is 0 Å². The molecule has 0 aromatic heterocycles. The highest BCUT2D eigenvalue weighted by atomic mass is 35.5. The summed E-state index contributed by atoms with van der Waals surface area (Å²) in [6.07, 6.45) is 1.28. The zero-order valence-corrected chi connectivity index (χ0v) is 16.3. The zero-order valence-electron chi connectivity index (χ0n) is 15.5. The highest BCUT2D eigenvalue weighted by Gasteiger charge is 2.30. The Hall–Kier alpha value is -2.24. The third-order valence-electron chi connectivity index (χ3n) is 5.13. The van der Waals surface area contributed by atoms with Gasteiger partial charge in [0.15, 0.2) is 11.5 Å². The summed E-state index contributed by atoms with van der Waals surface area (Å²) < 4.78 is 10.8. The molecule has 2 aromatic rings. The molecule has 1 unspecified atom stereocenters. The number of nitrogens with zero attached hydrogens (tertiary/aromatic N) is 1. The lowest BCUT2D eigenvalue weighted by atomic mass is 9.91. The zero-order chi connectivity index (χ0) is 19.4. The van der Waals surface area contributed by atoms with E-state index in [0.717, 1.165) is 11.1 Å². The van der Waals surface area contributed by atoms with Crippen molar-refractivity contribution in [2.75, 3.05) is 27.3 Å². The molecule has 1 atom stereocenters. The fraction of sp³-hybridized carbons (Fsp3) is 0.381. The Morgan fingerprint density at radius 1 is 1.07 bits per heavy atom. The normalized spacial score (nSPS) is 16.7. The van der Waals surface area contributed by atoms with Crippen molar-refractivity contribution in [2.24, 2.45) is 5.92 Å². The Bertz CT molecular complexity index is 803. The molecule has 1 fully saturated rings. The number of carboxylic acids is 1. The fourth-order valence-corrected chi connectivity index (χ4v) is 3.92. The van der Waals surface area contributed by atoms with E-state index in [1.165, 1.54) is 0 Å². The maximum absolute atomic E-state index is 11.3. The lowest BCUT2D eigenvalue weighted by molar-refractivity contribution is -0.143. The SMILES string of the molecule is COc1ccc(C(c2cccc(Cl)c2)N2CCC(C(=O)O)CC2)cc1OC. The first kappa shape index (κ1) is 19.5. The highest BCUT2D eigenvalue weighted by molar-refractivity contribution is 6.30. The monoisotopic (exact) mass is 389 g/mol. The van der Waals surface area contributed by atoms with E-state index in [1.54, 1.807) is 14.2 Å². The summed E-state index contributed by atoms with van der Waals surface area (Å²) in [4.78, 5) is 13.6. The Morgan fingerprint density at radius 3 is 2.33 bits per heavy atom. The number of hydrogen-bond acceptors (Lipinski definition) is 4. The van der Waals surface area contributed by atoms with Gasteiger partial charge in [0, 0.05) is 5.02 Å². The molecule has 1 saturated heterocycles. The van der Waals surface area contributed by atoms with Gasteiger partial charge in [0.1, 0.15) is 0 Å². The fourth-order valence-electron chi connectivity index (χ4n) is 3.72. The van der Waals surface area contributed by atoms with Crippen LogP contribution in [0.3, 0.4) is 0 Å². The van der Waals surface area contributed by atoms with Gasteiger partial charge in [-0.2, -0.15) is 0 Å². The summed E-state index contributed by atoms with van der Waals surface area (Å²) in [6, 6.07) is 13.7.